The molecule has 1 aliphatic rings. The Hall–Kier alpha value is -2.54. The zero-order valence-electron chi connectivity index (χ0n) is 14.5. The van der Waals surface area contributed by atoms with Crippen LogP contribution >= 0.6 is 0 Å². The molecule has 2 aromatic rings. The molecule has 122 valence electrons. The van der Waals surface area contributed by atoms with E-state index in [0.29, 0.717) is 5.92 Å². The minimum Gasteiger partial charge on any atom is -0.381 e. The fourth-order valence-corrected chi connectivity index (χ4v) is 3.20. The molecule has 0 radical (unpaired) electrons. The quantitative estimate of drug-likeness (QED) is 0.700. The average Bonchev–Trinajstić information content (AvgIpc) is 2.61. The van der Waals surface area contributed by atoms with Crippen molar-refractivity contribution in [3.63, 3.8) is 0 Å². The zero-order chi connectivity index (χ0) is 16.9. The summed E-state index contributed by atoms with van der Waals surface area (Å²) in [6.45, 7) is 8.51. The van der Waals surface area contributed by atoms with Crippen molar-refractivity contribution < 1.29 is 0 Å². The van der Waals surface area contributed by atoms with Gasteiger partial charge >= 0.3 is 0 Å². The Labute approximate surface area is 145 Å². The van der Waals surface area contributed by atoms with Crippen LogP contribution in [0.2, 0.25) is 0 Å². The fourth-order valence-electron chi connectivity index (χ4n) is 3.20. The van der Waals surface area contributed by atoms with E-state index >= 15 is 0 Å². The van der Waals surface area contributed by atoms with Crippen LogP contribution < -0.4 is 5.32 Å². The van der Waals surface area contributed by atoms with Gasteiger partial charge in [-0.25, -0.2) is 0 Å². The van der Waals surface area contributed by atoms with Crippen molar-refractivity contribution in [2.45, 2.75) is 26.3 Å². The number of dihydropyridines is 1. The van der Waals surface area contributed by atoms with E-state index in [0.717, 1.165) is 6.42 Å². The van der Waals surface area contributed by atoms with Crippen LogP contribution in [-0.4, -0.2) is 0 Å². The third kappa shape index (κ3) is 3.68. The van der Waals surface area contributed by atoms with Gasteiger partial charge in [-0.1, -0.05) is 75.0 Å². The summed E-state index contributed by atoms with van der Waals surface area (Å²) in [5.41, 5.74) is 6.34. The highest BCUT2D eigenvalue weighted by Crippen LogP contribution is 2.30. The van der Waals surface area contributed by atoms with Crippen molar-refractivity contribution in [3.8, 4) is 11.1 Å². The van der Waals surface area contributed by atoms with Crippen LogP contribution in [0.4, 0.5) is 0 Å². The molecule has 2 aromatic carbocycles. The van der Waals surface area contributed by atoms with E-state index in [-0.39, 0.29) is 6.04 Å². The number of hydrogen-bond acceptors (Lipinski definition) is 1. The summed E-state index contributed by atoms with van der Waals surface area (Å²) in [4.78, 5) is 0. The van der Waals surface area contributed by atoms with E-state index in [1.54, 1.807) is 0 Å². The number of benzene rings is 2. The minimum atomic E-state index is 0.195. The summed E-state index contributed by atoms with van der Waals surface area (Å²) < 4.78 is 0. The van der Waals surface area contributed by atoms with E-state index in [9.17, 15) is 0 Å². The first kappa shape index (κ1) is 16.3. The van der Waals surface area contributed by atoms with Crippen molar-refractivity contribution in [2.75, 3.05) is 0 Å². The minimum absolute atomic E-state index is 0.195. The monoisotopic (exact) mass is 315 g/mol. The molecule has 0 amide bonds. The first-order valence-electron chi connectivity index (χ1n) is 8.62. The van der Waals surface area contributed by atoms with Gasteiger partial charge in [0.1, 0.15) is 0 Å². The van der Waals surface area contributed by atoms with Gasteiger partial charge in [0.25, 0.3) is 0 Å². The van der Waals surface area contributed by atoms with Gasteiger partial charge in [-0.2, -0.15) is 0 Å². The standard InChI is InChI=1S/C23H25N/c1-4-19-10-11-21(20-8-6-5-7-9-20)16-22(19)23-15-18(12-13-24-23)14-17(2)3/h4-13,15-17,23-24H,1,14H2,2-3H3. The normalized spacial score (nSPS) is 16.6. The SMILES string of the molecule is C=Cc1ccc(-c2ccccc2)cc1C1C=C(CC(C)C)C=CN1. The van der Waals surface area contributed by atoms with Gasteiger partial charge in [0.05, 0.1) is 6.04 Å². The molecule has 0 spiro atoms. The fraction of sp³-hybridized carbons (Fsp3) is 0.217. The van der Waals surface area contributed by atoms with Crippen LogP contribution in [0.15, 0.2) is 79.0 Å². The Kier molecular flexibility index (Phi) is 5.00. The molecule has 1 heterocycles. The maximum Gasteiger partial charge on any atom is 0.0704 e. The highest BCUT2D eigenvalue weighted by atomic mass is 14.9. The van der Waals surface area contributed by atoms with Gasteiger partial charge in [-0.3, -0.25) is 0 Å². The predicted octanol–water partition coefficient (Wildman–Crippen LogP) is 6.13. The highest BCUT2D eigenvalue weighted by molar-refractivity contribution is 5.68. The van der Waals surface area contributed by atoms with Crippen LogP contribution in [0.3, 0.4) is 0 Å². The van der Waals surface area contributed by atoms with Gasteiger partial charge in [-0.15, -0.1) is 0 Å². The van der Waals surface area contributed by atoms with Crippen molar-refractivity contribution in [2.24, 2.45) is 5.92 Å². The second-order valence-electron chi connectivity index (χ2n) is 6.73. The molecule has 1 heteroatoms. The third-order valence-electron chi connectivity index (χ3n) is 4.35. The van der Waals surface area contributed by atoms with Gasteiger partial charge in [-0.05, 0) is 58.5 Å². The molecule has 1 nitrogen and oxygen atoms in total. The van der Waals surface area contributed by atoms with E-state index in [4.69, 9.17) is 0 Å². The lowest BCUT2D eigenvalue weighted by Crippen LogP contribution is -2.18. The second kappa shape index (κ2) is 7.35. The summed E-state index contributed by atoms with van der Waals surface area (Å²) in [6.07, 6.45) is 9.66. The summed E-state index contributed by atoms with van der Waals surface area (Å²) >= 11 is 0. The maximum absolute atomic E-state index is 3.99. The molecule has 0 fully saturated rings. The maximum atomic E-state index is 3.99. The molecule has 3 rings (SSSR count). The van der Waals surface area contributed by atoms with Crippen LogP contribution in [0, 0.1) is 5.92 Å². The van der Waals surface area contributed by atoms with Crippen LogP contribution in [0.1, 0.15) is 37.4 Å². The molecule has 0 bridgehead atoms. The lowest BCUT2D eigenvalue weighted by atomic mass is 9.91. The van der Waals surface area contributed by atoms with Gasteiger partial charge in [0.2, 0.25) is 0 Å². The molecular formula is C23H25N. The van der Waals surface area contributed by atoms with Crippen molar-refractivity contribution in [3.05, 3.63) is 90.2 Å². The summed E-state index contributed by atoms with van der Waals surface area (Å²) in [6, 6.07) is 17.3. The number of allylic oxidation sites excluding steroid dienone is 2. The molecule has 1 atom stereocenters. The molecule has 0 saturated heterocycles. The highest BCUT2D eigenvalue weighted by Gasteiger charge is 2.15. The van der Waals surface area contributed by atoms with E-state index < -0.39 is 0 Å². The predicted molar refractivity (Wildman–Crippen MR) is 105 cm³/mol. The average molecular weight is 315 g/mol. The van der Waals surface area contributed by atoms with Crippen LogP contribution in [0.25, 0.3) is 17.2 Å². The van der Waals surface area contributed by atoms with Gasteiger partial charge in [0.15, 0.2) is 0 Å². The molecule has 1 aliphatic heterocycles. The first-order valence-corrected chi connectivity index (χ1v) is 8.62. The van der Waals surface area contributed by atoms with E-state index in [1.165, 1.54) is 27.8 Å². The second-order valence-corrected chi connectivity index (χ2v) is 6.73. The van der Waals surface area contributed by atoms with Crippen LogP contribution in [-0.2, 0) is 0 Å². The Bertz CT molecular complexity index is 766. The zero-order valence-corrected chi connectivity index (χ0v) is 14.5. The molecule has 0 aromatic heterocycles. The van der Waals surface area contributed by atoms with Crippen molar-refractivity contribution >= 4 is 6.08 Å². The number of nitrogens with one attached hydrogen (secondary N) is 1. The molecule has 1 N–H and O–H groups in total. The summed E-state index contributed by atoms with van der Waals surface area (Å²) in [5, 5.41) is 3.49. The van der Waals surface area contributed by atoms with Crippen LogP contribution in [0.5, 0.6) is 0 Å². The molecule has 0 saturated carbocycles. The van der Waals surface area contributed by atoms with Crippen molar-refractivity contribution in [1.29, 1.82) is 0 Å². The van der Waals surface area contributed by atoms with E-state index in [1.807, 2.05) is 6.08 Å². The van der Waals surface area contributed by atoms with Crippen molar-refractivity contribution in [1.82, 2.24) is 5.32 Å². The Balaban J connectivity index is 1.98. The Morgan fingerprint density at radius 2 is 1.88 bits per heavy atom. The Morgan fingerprint density at radius 3 is 2.58 bits per heavy atom. The van der Waals surface area contributed by atoms with E-state index in [2.05, 4.69) is 92.6 Å². The molecule has 1 unspecified atom stereocenters. The first-order chi connectivity index (χ1) is 11.7. The lowest BCUT2D eigenvalue weighted by Gasteiger charge is -2.23. The topological polar surface area (TPSA) is 12.0 Å². The van der Waals surface area contributed by atoms with Gasteiger partial charge in [0, 0.05) is 0 Å². The lowest BCUT2D eigenvalue weighted by molar-refractivity contribution is 0.634. The largest absolute Gasteiger partial charge is 0.381 e. The summed E-state index contributed by atoms with van der Waals surface area (Å²) in [5.74, 6) is 0.661. The Morgan fingerprint density at radius 1 is 1.08 bits per heavy atom. The van der Waals surface area contributed by atoms with Gasteiger partial charge < -0.3 is 5.32 Å². The molecule has 0 aliphatic carbocycles. The molecule has 24 heavy (non-hydrogen) atoms. The third-order valence-corrected chi connectivity index (χ3v) is 4.35. The molecular weight excluding hydrogens is 290 g/mol. The summed E-state index contributed by atoms with van der Waals surface area (Å²) in [7, 11) is 0. The smallest absolute Gasteiger partial charge is 0.0704 e. The number of hydrogen-bond donors (Lipinski definition) is 1. The number of rotatable bonds is 5.